The maximum absolute atomic E-state index is 4.04. The van der Waals surface area contributed by atoms with E-state index in [1.165, 1.54) is 22.4 Å². The van der Waals surface area contributed by atoms with Gasteiger partial charge in [0.1, 0.15) is 5.51 Å². The lowest BCUT2D eigenvalue weighted by atomic mass is 10.1. The molecule has 5 heteroatoms. The molecule has 0 amide bonds. The summed E-state index contributed by atoms with van der Waals surface area (Å²) in [6.45, 7) is 6.36. The normalized spacial score (nSPS) is 10.8. The zero-order valence-electron chi connectivity index (χ0n) is 10.6. The second-order valence-corrected chi connectivity index (χ2v) is 6.23. The van der Waals surface area contributed by atoms with Crippen molar-refractivity contribution < 1.29 is 0 Å². The molecule has 3 nitrogen and oxygen atoms in total. The summed E-state index contributed by atoms with van der Waals surface area (Å²) in [5, 5.41) is 11.3. The Hall–Kier alpha value is -0.910. The molecule has 0 unspecified atom stereocenters. The monoisotopic (exact) mass is 279 g/mol. The van der Waals surface area contributed by atoms with E-state index in [4.69, 9.17) is 0 Å². The molecule has 0 aliphatic heterocycles. The molecule has 1 heterocycles. The van der Waals surface area contributed by atoms with Crippen molar-refractivity contribution >= 4 is 23.1 Å². The van der Waals surface area contributed by atoms with Crippen LogP contribution < -0.4 is 5.32 Å². The van der Waals surface area contributed by atoms with Crippen LogP contribution in [0.4, 0.5) is 0 Å². The minimum absolute atomic E-state index is 0.948. The van der Waals surface area contributed by atoms with Crippen LogP contribution in [0.1, 0.15) is 24.5 Å². The summed E-state index contributed by atoms with van der Waals surface area (Å²) in [7, 11) is 0. The Morgan fingerprint density at radius 3 is 2.94 bits per heavy atom. The van der Waals surface area contributed by atoms with Gasteiger partial charge >= 0.3 is 0 Å². The molecule has 0 saturated heterocycles. The molecule has 0 radical (unpaired) electrons. The first-order chi connectivity index (χ1) is 8.79. The maximum Gasteiger partial charge on any atom is 0.178 e. The second kappa shape index (κ2) is 6.87. The maximum atomic E-state index is 4.04. The number of aryl methyl sites for hydroxylation is 1. The lowest BCUT2D eigenvalue weighted by molar-refractivity contribution is 0.673. The van der Waals surface area contributed by atoms with E-state index in [0.29, 0.717) is 0 Å². The number of rotatable bonds is 6. The van der Waals surface area contributed by atoms with Gasteiger partial charge in [-0.1, -0.05) is 36.1 Å². The molecule has 0 fully saturated rings. The minimum atomic E-state index is 0.948. The molecule has 1 N–H and O–H groups in total. The van der Waals surface area contributed by atoms with Crippen molar-refractivity contribution in [1.29, 1.82) is 0 Å². The summed E-state index contributed by atoms with van der Waals surface area (Å²) < 4.78 is 0.992. The van der Waals surface area contributed by atoms with Gasteiger partial charge in [0.25, 0.3) is 0 Å². The Morgan fingerprint density at radius 1 is 1.39 bits per heavy atom. The van der Waals surface area contributed by atoms with Gasteiger partial charge in [-0.2, -0.15) is 0 Å². The van der Waals surface area contributed by atoms with Crippen molar-refractivity contribution in [1.82, 2.24) is 15.5 Å². The predicted octanol–water partition coefficient (Wildman–Crippen LogP) is 3.50. The van der Waals surface area contributed by atoms with Crippen LogP contribution >= 0.6 is 23.1 Å². The third kappa shape index (κ3) is 3.80. The van der Waals surface area contributed by atoms with Crippen LogP contribution in [0.5, 0.6) is 0 Å². The molecule has 1 aromatic carbocycles. The zero-order chi connectivity index (χ0) is 12.8. The lowest BCUT2D eigenvalue weighted by Gasteiger charge is -2.08. The first-order valence-corrected chi connectivity index (χ1v) is 7.73. The van der Waals surface area contributed by atoms with E-state index in [1.54, 1.807) is 28.6 Å². The number of hydrogen-bond donors (Lipinski definition) is 1. The van der Waals surface area contributed by atoms with Crippen molar-refractivity contribution in [3.8, 4) is 0 Å². The molecule has 0 aliphatic carbocycles. The molecule has 18 heavy (non-hydrogen) atoms. The summed E-state index contributed by atoms with van der Waals surface area (Å²) in [6, 6.07) is 6.57. The Kier molecular flexibility index (Phi) is 5.16. The van der Waals surface area contributed by atoms with E-state index in [-0.39, 0.29) is 0 Å². The van der Waals surface area contributed by atoms with Crippen molar-refractivity contribution in [2.24, 2.45) is 0 Å². The number of nitrogens with zero attached hydrogens (tertiary/aromatic N) is 2. The molecular weight excluding hydrogens is 262 g/mol. The van der Waals surface area contributed by atoms with Gasteiger partial charge in [0.05, 0.1) is 0 Å². The van der Waals surface area contributed by atoms with Crippen LogP contribution in [0.2, 0.25) is 0 Å². The van der Waals surface area contributed by atoms with Crippen LogP contribution in [0, 0.1) is 6.92 Å². The van der Waals surface area contributed by atoms with Gasteiger partial charge < -0.3 is 5.32 Å². The molecule has 0 atom stereocenters. The van der Waals surface area contributed by atoms with Gasteiger partial charge in [-0.15, -0.1) is 10.2 Å². The average molecular weight is 279 g/mol. The summed E-state index contributed by atoms with van der Waals surface area (Å²) in [5.41, 5.74) is 4.45. The number of nitrogens with one attached hydrogen (secondary N) is 1. The highest BCUT2D eigenvalue weighted by Crippen LogP contribution is 2.29. The lowest BCUT2D eigenvalue weighted by Crippen LogP contribution is -2.14. The highest BCUT2D eigenvalue weighted by molar-refractivity contribution is 8.01. The number of hydrogen-bond acceptors (Lipinski definition) is 5. The summed E-state index contributed by atoms with van der Waals surface area (Å²) in [6.07, 6.45) is 1.17. The highest BCUT2D eigenvalue weighted by Gasteiger charge is 2.03. The first-order valence-electron chi connectivity index (χ1n) is 6.04. The third-order valence-electron chi connectivity index (χ3n) is 2.60. The van der Waals surface area contributed by atoms with Crippen LogP contribution in [0.15, 0.2) is 32.9 Å². The summed E-state index contributed by atoms with van der Waals surface area (Å²) in [4.78, 5) is 1.23. The second-order valence-electron chi connectivity index (χ2n) is 4.07. The van der Waals surface area contributed by atoms with Crippen molar-refractivity contribution in [2.75, 3.05) is 6.54 Å². The molecular formula is C13H17N3S2. The smallest absolute Gasteiger partial charge is 0.178 e. The Balaban J connectivity index is 2.00. The molecule has 0 aliphatic rings. The van der Waals surface area contributed by atoms with Crippen molar-refractivity contribution in [3.63, 3.8) is 0 Å². The molecule has 2 rings (SSSR count). The molecule has 0 saturated carbocycles. The molecule has 1 aromatic heterocycles. The highest BCUT2D eigenvalue weighted by atomic mass is 32.2. The van der Waals surface area contributed by atoms with Crippen LogP contribution in [-0.2, 0) is 6.54 Å². The fourth-order valence-electron chi connectivity index (χ4n) is 1.64. The van der Waals surface area contributed by atoms with E-state index in [2.05, 4.69) is 47.6 Å². The minimum Gasteiger partial charge on any atom is -0.313 e. The van der Waals surface area contributed by atoms with Gasteiger partial charge in [0.15, 0.2) is 4.34 Å². The zero-order valence-corrected chi connectivity index (χ0v) is 12.3. The van der Waals surface area contributed by atoms with E-state index >= 15 is 0 Å². The van der Waals surface area contributed by atoms with E-state index in [1.807, 2.05) is 0 Å². The van der Waals surface area contributed by atoms with E-state index in [9.17, 15) is 0 Å². The fraction of sp³-hybridized carbons (Fsp3) is 0.385. The first kappa shape index (κ1) is 13.5. The SMILES string of the molecule is CCCNCc1ccc(Sc2nncs2)cc1C. The Labute approximate surface area is 116 Å². The van der Waals surface area contributed by atoms with Crippen molar-refractivity contribution in [2.45, 2.75) is 36.0 Å². The number of benzene rings is 1. The van der Waals surface area contributed by atoms with E-state index < -0.39 is 0 Å². The van der Waals surface area contributed by atoms with Gasteiger partial charge in [0.2, 0.25) is 0 Å². The summed E-state index contributed by atoms with van der Waals surface area (Å²) >= 11 is 3.24. The van der Waals surface area contributed by atoms with Gasteiger partial charge in [-0.05, 0) is 43.1 Å². The van der Waals surface area contributed by atoms with Gasteiger partial charge in [-0.25, -0.2) is 0 Å². The Morgan fingerprint density at radius 2 is 2.28 bits per heavy atom. The number of aromatic nitrogens is 2. The van der Waals surface area contributed by atoms with Gasteiger partial charge in [-0.3, -0.25) is 0 Å². The van der Waals surface area contributed by atoms with Crippen LogP contribution in [0.25, 0.3) is 0 Å². The molecule has 96 valence electrons. The van der Waals surface area contributed by atoms with E-state index in [0.717, 1.165) is 17.4 Å². The average Bonchev–Trinajstić information content (AvgIpc) is 2.85. The van der Waals surface area contributed by atoms with Crippen molar-refractivity contribution in [3.05, 3.63) is 34.8 Å². The third-order valence-corrected chi connectivity index (χ3v) is 4.37. The largest absolute Gasteiger partial charge is 0.313 e. The quantitative estimate of drug-likeness (QED) is 0.821. The van der Waals surface area contributed by atoms with Crippen LogP contribution in [0.3, 0.4) is 0 Å². The van der Waals surface area contributed by atoms with Gasteiger partial charge in [0, 0.05) is 11.4 Å². The van der Waals surface area contributed by atoms with Crippen LogP contribution in [-0.4, -0.2) is 16.7 Å². The molecule has 0 bridgehead atoms. The molecule has 2 aromatic rings. The standard InChI is InChI=1S/C13H17N3S2/c1-3-6-14-8-11-4-5-12(7-10(11)2)18-13-16-15-9-17-13/h4-5,7,9,14H,3,6,8H2,1-2H3. The predicted molar refractivity (Wildman–Crippen MR) is 77.2 cm³/mol. The fourth-order valence-corrected chi connectivity index (χ4v) is 3.19. The summed E-state index contributed by atoms with van der Waals surface area (Å²) in [5.74, 6) is 0. The Bertz CT molecular complexity index is 483. The molecule has 0 spiro atoms. The topological polar surface area (TPSA) is 37.8 Å².